The monoisotopic (exact) mass is 327 g/mol. The van der Waals surface area contributed by atoms with Gasteiger partial charge in [0.2, 0.25) is 5.89 Å². The van der Waals surface area contributed by atoms with Gasteiger partial charge in [0, 0.05) is 28.8 Å². The van der Waals surface area contributed by atoms with Gasteiger partial charge in [-0.1, -0.05) is 32.1 Å². The summed E-state index contributed by atoms with van der Waals surface area (Å²) >= 11 is 1.52. The summed E-state index contributed by atoms with van der Waals surface area (Å²) < 4.78 is 5.73. The van der Waals surface area contributed by atoms with Gasteiger partial charge >= 0.3 is 0 Å². The number of hydrogen-bond donors (Lipinski definition) is 1. The Labute approximate surface area is 138 Å². The van der Waals surface area contributed by atoms with Crippen molar-refractivity contribution in [1.82, 2.24) is 19.9 Å². The summed E-state index contributed by atoms with van der Waals surface area (Å²) in [5.41, 5.74) is -0.0434. The summed E-state index contributed by atoms with van der Waals surface area (Å²) in [5, 5.41) is 3.90. The van der Waals surface area contributed by atoms with Crippen LogP contribution in [0, 0.1) is 0 Å². The highest BCUT2D eigenvalue weighted by Gasteiger charge is 2.18. The van der Waals surface area contributed by atoms with Gasteiger partial charge in [0.15, 0.2) is 5.13 Å². The molecule has 0 radical (unpaired) electrons. The van der Waals surface area contributed by atoms with Crippen LogP contribution in [0.15, 0.2) is 35.4 Å². The van der Waals surface area contributed by atoms with Crippen molar-refractivity contribution >= 4 is 34.4 Å². The van der Waals surface area contributed by atoms with Gasteiger partial charge in [-0.05, 0) is 12.1 Å². The molecule has 0 amide bonds. The molecule has 0 atom stereocenters. The molecule has 7 heteroatoms. The smallest absolute Gasteiger partial charge is 0.218 e. The van der Waals surface area contributed by atoms with E-state index in [-0.39, 0.29) is 5.41 Å². The Balaban J connectivity index is 1.68. The van der Waals surface area contributed by atoms with E-state index in [9.17, 15) is 0 Å². The van der Waals surface area contributed by atoms with Crippen LogP contribution in [-0.4, -0.2) is 19.9 Å². The van der Waals surface area contributed by atoms with E-state index >= 15 is 0 Å². The fourth-order valence-electron chi connectivity index (χ4n) is 1.76. The highest BCUT2D eigenvalue weighted by atomic mass is 32.1. The highest BCUT2D eigenvalue weighted by Crippen LogP contribution is 2.25. The van der Waals surface area contributed by atoms with Crippen molar-refractivity contribution in [2.24, 2.45) is 0 Å². The molecule has 0 aromatic carbocycles. The van der Waals surface area contributed by atoms with Gasteiger partial charge in [-0.2, -0.15) is 0 Å². The minimum atomic E-state index is -0.0434. The van der Waals surface area contributed by atoms with E-state index in [0.717, 1.165) is 15.8 Å². The van der Waals surface area contributed by atoms with Crippen molar-refractivity contribution in [3.8, 4) is 0 Å². The summed E-state index contributed by atoms with van der Waals surface area (Å²) in [6.45, 7) is 6.28. The van der Waals surface area contributed by atoms with Crippen LogP contribution in [0.3, 0.4) is 0 Å². The summed E-state index contributed by atoms with van der Waals surface area (Å²) in [6, 6.07) is 1.79. The Morgan fingerprint density at radius 2 is 2.00 bits per heavy atom. The number of oxazole rings is 1. The van der Waals surface area contributed by atoms with E-state index in [0.29, 0.717) is 11.7 Å². The first-order valence-corrected chi connectivity index (χ1v) is 7.95. The second kappa shape index (κ2) is 6.29. The maximum atomic E-state index is 5.73. The first kappa shape index (κ1) is 15.4. The zero-order chi connectivity index (χ0) is 16.3. The molecule has 23 heavy (non-hydrogen) atoms. The second-order valence-corrected chi connectivity index (χ2v) is 7.00. The summed E-state index contributed by atoms with van der Waals surface area (Å²) in [7, 11) is 0. The number of thiazole rings is 1. The lowest BCUT2D eigenvalue weighted by Gasteiger charge is -2.12. The number of hydrogen-bond acceptors (Lipinski definition) is 7. The third kappa shape index (κ3) is 4.01. The van der Waals surface area contributed by atoms with Crippen molar-refractivity contribution in [1.29, 1.82) is 0 Å². The van der Waals surface area contributed by atoms with Crippen LogP contribution in [0.5, 0.6) is 0 Å². The minimum Gasteiger partial charge on any atom is -0.441 e. The summed E-state index contributed by atoms with van der Waals surface area (Å²) in [5.74, 6) is 2.17. The first-order valence-electron chi connectivity index (χ1n) is 7.14. The molecule has 0 saturated carbocycles. The van der Waals surface area contributed by atoms with Crippen LogP contribution in [0.2, 0.25) is 0 Å². The third-order valence-electron chi connectivity index (χ3n) is 2.99. The van der Waals surface area contributed by atoms with Crippen molar-refractivity contribution < 1.29 is 4.42 Å². The SMILES string of the molecule is CC(C)(C)c1cnc(C=Cc2cnc(Nc3ccncn3)s2)o1. The predicted molar refractivity (Wildman–Crippen MR) is 91.6 cm³/mol. The molecule has 0 fully saturated rings. The topological polar surface area (TPSA) is 76.7 Å². The van der Waals surface area contributed by atoms with Gasteiger partial charge in [-0.3, -0.25) is 0 Å². The molecular weight excluding hydrogens is 310 g/mol. The largest absolute Gasteiger partial charge is 0.441 e. The van der Waals surface area contributed by atoms with E-state index in [1.807, 2.05) is 12.2 Å². The van der Waals surface area contributed by atoms with Crippen LogP contribution < -0.4 is 5.32 Å². The normalized spacial score (nSPS) is 12.0. The van der Waals surface area contributed by atoms with Crippen LogP contribution in [0.1, 0.15) is 37.3 Å². The lowest BCUT2D eigenvalue weighted by molar-refractivity contribution is 0.403. The van der Waals surface area contributed by atoms with E-state index in [2.05, 4.69) is 46.0 Å². The minimum absolute atomic E-state index is 0.0434. The molecule has 3 aromatic heterocycles. The maximum absolute atomic E-state index is 5.73. The maximum Gasteiger partial charge on any atom is 0.218 e. The van der Waals surface area contributed by atoms with E-state index in [1.54, 1.807) is 24.7 Å². The zero-order valence-electron chi connectivity index (χ0n) is 13.1. The number of nitrogens with one attached hydrogen (secondary N) is 1. The molecular formula is C16H17N5OS. The molecule has 3 aromatic rings. The lowest BCUT2D eigenvalue weighted by atomic mass is 9.94. The molecule has 0 spiro atoms. The van der Waals surface area contributed by atoms with Crippen molar-refractivity contribution in [3.05, 3.63) is 47.5 Å². The quantitative estimate of drug-likeness (QED) is 0.776. The summed E-state index contributed by atoms with van der Waals surface area (Å²) in [4.78, 5) is 17.6. The zero-order valence-corrected chi connectivity index (χ0v) is 14.0. The molecule has 3 heterocycles. The molecule has 0 aliphatic carbocycles. The Morgan fingerprint density at radius 1 is 1.13 bits per heavy atom. The molecule has 0 aliphatic heterocycles. The van der Waals surface area contributed by atoms with Gasteiger partial charge < -0.3 is 9.73 Å². The van der Waals surface area contributed by atoms with Crippen LogP contribution in [-0.2, 0) is 5.41 Å². The first-order chi connectivity index (χ1) is 11.0. The summed E-state index contributed by atoms with van der Waals surface area (Å²) in [6.07, 6.45) is 10.5. The lowest BCUT2D eigenvalue weighted by Crippen LogP contribution is -2.09. The number of anilines is 2. The molecule has 3 rings (SSSR count). The van der Waals surface area contributed by atoms with Gasteiger partial charge in [-0.15, -0.1) is 0 Å². The second-order valence-electron chi connectivity index (χ2n) is 5.93. The van der Waals surface area contributed by atoms with Gasteiger partial charge in [0.1, 0.15) is 17.9 Å². The van der Waals surface area contributed by atoms with E-state index < -0.39 is 0 Å². The average Bonchev–Trinajstić information content (AvgIpc) is 3.15. The molecule has 0 bridgehead atoms. The van der Waals surface area contributed by atoms with Gasteiger partial charge in [0.05, 0.1) is 6.20 Å². The van der Waals surface area contributed by atoms with Crippen molar-refractivity contribution in [2.45, 2.75) is 26.2 Å². The predicted octanol–water partition coefficient (Wildman–Crippen LogP) is 4.13. The van der Waals surface area contributed by atoms with E-state index in [1.165, 1.54) is 17.7 Å². The van der Waals surface area contributed by atoms with Crippen LogP contribution in [0.4, 0.5) is 10.9 Å². The molecule has 0 unspecified atom stereocenters. The Morgan fingerprint density at radius 3 is 2.70 bits per heavy atom. The van der Waals surface area contributed by atoms with E-state index in [4.69, 9.17) is 4.42 Å². The molecule has 6 nitrogen and oxygen atoms in total. The van der Waals surface area contributed by atoms with Gasteiger partial charge in [-0.25, -0.2) is 19.9 Å². The van der Waals surface area contributed by atoms with Crippen LogP contribution >= 0.6 is 11.3 Å². The van der Waals surface area contributed by atoms with Crippen molar-refractivity contribution in [3.63, 3.8) is 0 Å². The fourth-order valence-corrected chi connectivity index (χ4v) is 2.49. The molecule has 1 N–H and O–H groups in total. The standard InChI is InChI=1S/C16H17N5OS/c1-16(2,3)12-9-18-14(22-12)5-4-11-8-19-15(23-11)21-13-6-7-17-10-20-13/h4-10H,1-3H3,(H,17,19,20,21). The Hall–Kier alpha value is -2.54. The number of nitrogens with zero attached hydrogens (tertiary/aromatic N) is 4. The Bertz CT molecular complexity index is 801. The Kier molecular flexibility index (Phi) is 4.20. The third-order valence-corrected chi connectivity index (χ3v) is 3.87. The van der Waals surface area contributed by atoms with Gasteiger partial charge in [0.25, 0.3) is 0 Å². The molecule has 0 saturated heterocycles. The molecule has 0 aliphatic rings. The molecule has 118 valence electrons. The highest BCUT2D eigenvalue weighted by molar-refractivity contribution is 7.16. The van der Waals surface area contributed by atoms with Crippen LogP contribution in [0.25, 0.3) is 12.2 Å². The fraction of sp³-hybridized carbons (Fsp3) is 0.250. The van der Waals surface area contributed by atoms with Crippen molar-refractivity contribution in [2.75, 3.05) is 5.32 Å². The average molecular weight is 327 g/mol. The number of aromatic nitrogens is 4. The number of rotatable bonds is 4.